The first-order valence-electron chi connectivity index (χ1n) is 5.91. The van der Waals surface area contributed by atoms with Crippen molar-refractivity contribution < 1.29 is 4.79 Å². The highest BCUT2D eigenvalue weighted by molar-refractivity contribution is 8.00. The number of aromatic nitrogens is 1. The van der Waals surface area contributed by atoms with Crippen molar-refractivity contribution in [2.75, 3.05) is 18.8 Å². The van der Waals surface area contributed by atoms with Gasteiger partial charge in [-0.25, -0.2) is 4.98 Å². The normalized spacial score (nSPS) is 18.9. The molecule has 0 bridgehead atoms. The molecule has 1 aliphatic rings. The Balaban J connectivity index is 1.95. The molecular weight excluding hydrogens is 288 g/mol. The topological polar surface area (TPSA) is 33.2 Å². The number of hydrogen-bond donors (Lipinski definition) is 0. The summed E-state index contributed by atoms with van der Waals surface area (Å²) in [6.45, 7) is 6.04. The molecule has 2 heterocycles. The smallest absolute Gasteiger partial charge is 0.229 e. The number of alkyl halides is 1. The monoisotopic (exact) mass is 304 g/mol. The van der Waals surface area contributed by atoms with Crippen LogP contribution < -0.4 is 0 Å². The van der Waals surface area contributed by atoms with Crippen molar-refractivity contribution in [3.05, 3.63) is 16.1 Å². The summed E-state index contributed by atoms with van der Waals surface area (Å²) in [6.07, 6.45) is 0.405. The number of carbonyl (C=O) groups excluding carboxylic acids is 1. The first-order chi connectivity index (χ1) is 8.50. The van der Waals surface area contributed by atoms with E-state index in [1.807, 2.05) is 22.0 Å². The van der Waals surface area contributed by atoms with E-state index in [4.69, 9.17) is 11.6 Å². The molecule has 0 N–H and O–H groups in total. The van der Waals surface area contributed by atoms with Gasteiger partial charge >= 0.3 is 0 Å². The summed E-state index contributed by atoms with van der Waals surface area (Å²) in [5.41, 5.74) is 0.860. The van der Waals surface area contributed by atoms with Gasteiger partial charge in [0.2, 0.25) is 5.91 Å². The summed E-state index contributed by atoms with van der Waals surface area (Å²) in [4.78, 5) is 18.5. The summed E-state index contributed by atoms with van der Waals surface area (Å²) in [5.74, 6) is 1.61. The molecule has 3 nitrogen and oxygen atoms in total. The number of amides is 1. The molecule has 1 aromatic rings. The van der Waals surface area contributed by atoms with Crippen molar-refractivity contribution in [1.82, 2.24) is 9.88 Å². The largest absolute Gasteiger partial charge is 0.340 e. The van der Waals surface area contributed by atoms with E-state index >= 15 is 0 Å². The summed E-state index contributed by atoms with van der Waals surface area (Å²) >= 11 is 9.16. The maximum atomic E-state index is 12.2. The van der Waals surface area contributed by atoms with Crippen molar-refractivity contribution in [2.45, 2.75) is 30.9 Å². The Labute approximate surface area is 121 Å². The molecule has 100 valence electrons. The molecule has 6 heteroatoms. The zero-order valence-corrected chi connectivity index (χ0v) is 13.0. The Bertz CT molecular complexity index is 433. The van der Waals surface area contributed by atoms with Crippen LogP contribution in [0.3, 0.4) is 0 Å². The van der Waals surface area contributed by atoms with Gasteiger partial charge in [-0.3, -0.25) is 4.79 Å². The van der Waals surface area contributed by atoms with Crippen molar-refractivity contribution in [3.63, 3.8) is 0 Å². The molecule has 1 fully saturated rings. The number of rotatable bonds is 3. The van der Waals surface area contributed by atoms with E-state index in [9.17, 15) is 4.79 Å². The van der Waals surface area contributed by atoms with Gasteiger partial charge in [0.1, 0.15) is 5.01 Å². The number of thiazole rings is 1. The Morgan fingerprint density at radius 1 is 1.61 bits per heavy atom. The van der Waals surface area contributed by atoms with E-state index < -0.39 is 0 Å². The average molecular weight is 305 g/mol. The van der Waals surface area contributed by atoms with Crippen LogP contribution in [-0.2, 0) is 17.1 Å². The molecule has 1 amide bonds. The second kappa shape index (κ2) is 5.80. The molecule has 1 aromatic heterocycles. The van der Waals surface area contributed by atoms with Gasteiger partial charge in [-0.05, 0) is 13.8 Å². The molecule has 0 aliphatic carbocycles. The Morgan fingerprint density at radius 2 is 2.39 bits per heavy atom. The fraction of sp³-hybridized carbons (Fsp3) is 0.667. The van der Waals surface area contributed by atoms with E-state index in [1.54, 1.807) is 0 Å². The lowest BCUT2D eigenvalue weighted by molar-refractivity contribution is -0.130. The highest BCUT2D eigenvalue weighted by Gasteiger charge is 2.29. The first-order valence-corrected chi connectivity index (χ1v) is 8.31. The van der Waals surface area contributed by atoms with Crippen molar-refractivity contribution >= 4 is 40.6 Å². The lowest BCUT2D eigenvalue weighted by Gasteiger charge is -2.37. The van der Waals surface area contributed by atoms with Crippen molar-refractivity contribution in [3.8, 4) is 0 Å². The van der Waals surface area contributed by atoms with Crippen molar-refractivity contribution in [2.24, 2.45) is 0 Å². The summed E-state index contributed by atoms with van der Waals surface area (Å²) in [5, 5.41) is 2.79. The predicted molar refractivity (Wildman–Crippen MR) is 78.5 cm³/mol. The highest BCUT2D eigenvalue weighted by Crippen LogP contribution is 2.29. The standard InChI is InChI=1S/C12H17ClN2OS2/c1-12(2)8-15(3-4-18-12)11(16)5-10-14-9(6-13)7-17-10/h7H,3-6,8H2,1-2H3. The van der Waals surface area contributed by atoms with Crippen LogP contribution in [0.5, 0.6) is 0 Å². The SMILES string of the molecule is CC1(C)CN(C(=O)Cc2nc(CCl)cs2)CCS1. The third-order valence-electron chi connectivity index (χ3n) is 2.82. The number of carbonyl (C=O) groups is 1. The Kier molecular flexibility index (Phi) is 4.56. The van der Waals surface area contributed by atoms with Crippen LogP contribution in [0.2, 0.25) is 0 Å². The molecule has 0 unspecified atom stereocenters. The number of halogens is 1. The number of nitrogens with zero attached hydrogens (tertiary/aromatic N) is 2. The van der Waals surface area contributed by atoms with Crippen LogP contribution in [0, 0.1) is 0 Å². The zero-order chi connectivity index (χ0) is 13.2. The minimum atomic E-state index is 0.165. The second-order valence-corrected chi connectivity index (χ2v) is 7.98. The molecule has 0 radical (unpaired) electrons. The van der Waals surface area contributed by atoms with Gasteiger partial charge in [-0.1, -0.05) is 0 Å². The van der Waals surface area contributed by atoms with Crippen LogP contribution >= 0.6 is 34.7 Å². The summed E-state index contributed by atoms with van der Waals surface area (Å²) in [7, 11) is 0. The fourth-order valence-corrected chi connectivity index (χ4v) is 4.09. The molecule has 0 saturated carbocycles. The van der Waals surface area contributed by atoms with Crippen molar-refractivity contribution in [1.29, 1.82) is 0 Å². The van der Waals surface area contributed by atoms with E-state index in [0.29, 0.717) is 12.3 Å². The van der Waals surface area contributed by atoms with Gasteiger partial charge in [-0.15, -0.1) is 22.9 Å². The van der Waals surface area contributed by atoms with Crippen LogP contribution in [0.25, 0.3) is 0 Å². The summed E-state index contributed by atoms with van der Waals surface area (Å²) < 4.78 is 0.165. The van der Waals surface area contributed by atoms with E-state index in [-0.39, 0.29) is 10.7 Å². The molecule has 1 aliphatic heterocycles. The van der Waals surface area contributed by atoms with Gasteiger partial charge < -0.3 is 4.90 Å². The highest BCUT2D eigenvalue weighted by atomic mass is 35.5. The minimum absolute atomic E-state index is 0.165. The molecule has 0 aromatic carbocycles. The Morgan fingerprint density at radius 3 is 3.00 bits per heavy atom. The first kappa shape index (κ1) is 14.2. The maximum Gasteiger partial charge on any atom is 0.229 e. The lowest BCUT2D eigenvalue weighted by Crippen LogP contribution is -2.46. The van der Waals surface area contributed by atoms with Gasteiger partial charge in [-0.2, -0.15) is 11.8 Å². The maximum absolute atomic E-state index is 12.2. The molecular formula is C12H17ClN2OS2. The van der Waals surface area contributed by atoms with Crippen LogP contribution in [-0.4, -0.2) is 39.4 Å². The van der Waals surface area contributed by atoms with E-state index in [0.717, 1.165) is 29.5 Å². The summed E-state index contributed by atoms with van der Waals surface area (Å²) in [6, 6.07) is 0. The zero-order valence-electron chi connectivity index (χ0n) is 10.6. The van der Waals surface area contributed by atoms with Crippen LogP contribution in [0.4, 0.5) is 0 Å². The quantitative estimate of drug-likeness (QED) is 0.805. The Hall–Kier alpha value is -0.260. The molecule has 2 rings (SSSR count). The predicted octanol–water partition coefficient (Wildman–Crippen LogP) is 2.78. The molecule has 18 heavy (non-hydrogen) atoms. The molecule has 0 spiro atoms. The van der Waals surface area contributed by atoms with E-state index in [2.05, 4.69) is 18.8 Å². The van der Waals surface area contributed by atoms with Gasteiger partial charge in [0.15, 0.2) is 0 Å². The number of thioether (sulfide) groups is 1. The molecule has 0 atom stereocenters. The lowest BCUT2D eigenvalue weighted by atomic mass is 10.2. The third kappa shape index (κ3) is 3.62. The average Bonchev–Trinajstić information content (AvgIpc) is 2.75. The second-order valence-electron chi connectivity index (χ2n) is 4.97. The molecule has 1 saturated heterocycles. The van der Waals surface area contributed by atoms with Gasteiger partial charge in [0.05, 0.1) is 18.0 Å². The minimum Gasteiger partial charge on any atom is -0.340 e. The number of hydrogen-bond acceptors (Lipinski definition) is 4. The van der Waals surface area contributed by atoms with Gasteiger partial charge in [0.25, 0.3) is 0 Å². The fourth-order valence-electron chi connectivity index (χ4n) is 1.96. The van der Waals surface area contributed by atoms with E-state index in [1.165, 1.54) is 11.3 Å². The third-order valence-corrected chi connectivity index (χ3v) is 5.29. The van der Waals surface area contributed by atoms with Crippen LogP contribution in [0.15, 0.2) is 5.38 Å². The van der Waals surface area contributed by atoms with Gasteiger partial charge in [0, 0.05) is 29.0 Å². The van der Waals surface area contributed by atoms with Crippen LogP contribution in [0.1, 0.15) is 24.5 Å².